The molecule has 0 heterocycles. The number of benzene rings is 1. The lowest BCUT2D eigenvalue weighted by molar-refractivity contribution is -0.155. The van der Waals surface area contributed by atoms with Gasteiger partial charge in [-0.2, -0.15) is 0 Å². The summed E-state index contributed by atoms with van der Waals surface area (Å²) in [5.41, 5.74) is 1.72. The molecular formula is C22H40O4Si3. The van der Waals surface area contributed by atoms with E-state index in [0.717, 1.165) is 30.0 Å². The molecule has 0 aromatic heterocycles. The fourth-order valence-corrected chi connectivity index (χ4v) is 13.8. The second kappa shape index (κ2) is 11.4. The Morgan fingerprint density at radius 2 is 1.83 bits per heavy atom. The first-order chi connectivity index (χ1) is 13.5. The van der Waals surface area contributed by atoms with Crippen LogP contribution in [-0.2, 0) is 24.2 Å². The molecule has 29 heavy (non-hydrogen) atoms. The van der Waals surface area contributed by atoms with Gasteiger partial charge in [0.15, 0.2) is 8.32 Å². The van der Waals surface area contributed by atoms with Gasteiger partial charge in [-0.1, -0.05) is 50.4 Å². The zero-order chi connectivity index (χ0) is 22.1. The van der Waals surface area contributed by atoms with Crippen LogP contribution in [0.1, 0.15) is 37.8 Å². The second-order valence-electron chi connectivity index (χ2n) is 8.97. The Labute approximate surface area is 182 Å². The van der Waals surface area contributed by atoms with Crippen LogP contribution in [0.2, 0.25) is 38.8 Å². The maximum Gasteiger partial charge on any atom is 0.312 e. The van der Waals surface area contributed by atoms with Crippen LogP contribution < -0.4 is 0 Å². The van der Waals surface area contributed by atoms with Gasteiger partial charge in [0.2, 0.25) is 0 Å². The Morgan fingerprint density at radius 1 is 1.21 bits per heavy atom. The molecule has 0 bridgehead atoms. The van der Waals surface area contributed by atoms with Crippen LogP contribution in [0.25, 0.3) is 6.08 Å². The van der Waals surface area contributed by atoms with E-state index in [1.165, 1.54) is 0 Å². The van der Waals surface area contributed by atoms with Crippen molar-refractivity contribution in [2.24, 2.45) is 5.41 Å². The second-order valence-corrected chi connectivity index (χ2v) is 18.3. The Balaban J connectivity index is 2.54. The SMILES string of the molecule is C=Cc1ccc(CC(C)(CC)C(=O)OCCC[Si](C)(C)O[Si](C)(C)O[SiH2]C)cc1. The van der Waals surface area contributed by atoms with Crippen molar-refractivity contribution in [2.75, 3.05) is 6.61 Å². The Morgan fingerprint density at radius 3 is 2.34 bits per heavy atom. The lowest BCUT2D eigenvalue weighted by Crippen LogP contribution is -2.47. The molecule has 1 aromatic rings. The molecule has 0 saturated heterocycles. The molecule has 1 rings (SSSR count). The molecule has 0 aliphatic heterocycles. The first-order valence-electron chi connectivity index (χ1n) is 10.7. The van der Waals surface area contributed by atoms with Crippen molar-refractivity contribution in [3.63, 3.8) is 0 Å². The number of ether oxygens (including phenoxy) is 1. The number of carbonyl (C=O) groups excluding carboxylic acids is 1. The van der Waals surface area contributed by atoms with Crippen molar-refractivity contribution in [3.8, 4) is 0 Å². The average Bonchev–Trinajstić information content (AvgIpc) is 2.64. The molecule has 164 valence electrons. The van der Waals surface area contributed by atoms with E-state index in [0.29, 0.717) is 13.0 Å². The largest absolute Gasteiger partial charge is 0.465 e. The number of hydrogen-bond donors (Lipinski definition) is 0. The molecule has 0 amide bonds. The van der Waals surface area contributed by atoms with Gasteiger partial charge in [0.25, 0.3) is 0 Å². The van der Waals surface area contributed by atoms with E-state index in [2.05, 4.69) is 51.4 Å². The number of hydrogen-bond acceptors (Lipinski definition) is 4. The molecule has 0 radical (unpaired) electrons. The molecule has 0 spiro atoms. The van der Waals surface area contributed by atoms with Gasteiger partial charge in [-0.3, -0.25) is 4.79 Å². The highest BCUT2D eigenvalue weighted by molar-refractivity contribution is 6.83. The fourth-order valence-electron chi connectivity index (χ4n) is 3.49. The molecule has 0 aliphatic rings. The van der Waals surface area contributed by atoms with Crippen LogP contribution in [0.3, 0.4) is 0 Å². The minimum atomic E-state index is -2.00. The molecule has 7 heteroatoms. The first kappa shape index (κ1) is 26.0. The summed E-state index contributed by atoms with van der Waals surface area (Å²) < 4.78 is 18.0. The van der Waals surface area contributed by atoms with Gasteiger partial charge in [0, 0.05) is 0 Å². The highest BCUT2D eigenvalue weighted by Gasteiger charge is 2.35. The molecule has 0 N–H and O–H groups in total. The van der Waals surface area contributed by atoms with Gasteiger partial charge in [-0.25, -0.2) is 0 Å². The van der Waals surface area contributed by atoms with Gasteiger partial charge in [0.1, 0.15) is 9.76 Å². The smallest absolute Gasteiger partial charge is 0.312 e. The summed E-state index contributed by atoms with van der Waals surface area (Å²) in [6.07, 6.45) is 4.09. The maximum absolute atomic E-state index is 12.8. The summed E-state index contributed by atoms with van der Waals surface area (Å²) in [6, 6.07) is 9.17. The zero-order valence-electron chi connectivity index (χ0n) is 19.5. The molecule has 4 nitrogen and oxygen atoms in total. The minimum Gasteiger partial charge on any atom is -0.465 e. The van der Waals surface area contributed by atoms with Crippen LogP contribution in [0.15, 0.2) is 30.8 Å². The summed E-state index contributed by atoms with van der Waals surface area (Å²) >= 11 is 0. The van der Waals surface area contributed by atoms with E-state index in [-0.39, 0.29) is 5.97 Å². The van der Waals surface area contributed by atoms with Crippen LogP contribution in [0, 0.1) is 5.41 Å². The van der Waals surface area contributed by atoms with Crippen molar-refractivity contribution < 1.29 is 17.8 Å². The van der Waals surface area contributed by atoms with Crippen LogP contribution in [-0.4, -0.2) is 39.2 Å². The van der Waals surface area contributed by atoms with E-state index >= 15 is 0 Å². The quantitative estimate of drug-likeness (QED) is 0.232. The van der Waals surface area contributed by atoms with E-state index in [9.17, 15) is 4.79 Å². The number of esters is 1. The van der Waals surface area contributed by atoms with Crippen molar-refractivity contribution in [2.45, 2.75) is 71.9 Å². The highest BCUT2D eigenvalue weighted by atomic mass is 28.5. The van der Waals surface area contributed by atoms with E-state index < -0.39 is 32.1 Å². The highest BCUT2D eigenvalue weighted by Crippen LogP contribution is 2.29. The fraction of sp³-hybridized carbons (Fsp3) is 0.591. The molecule has 1 atom stereocenters. The molecule has 1 unspecified atom stereocenters. The van der Waals surface area contributed by atoms with Gasteiger partial charge >= 0.3 is 14.5 Å². The molecule has 1 aromatic carbocycles. The number of carbonyl (C=O) groups is 1. The maximum atomic E-state index is 12.8. The van der Waals surface area contributed by atoms with Crippen molar-refractivity contribution in [3.05, 3.63) is 42.0 Å². The molecule has 0 fully saturated rings. The summed E-state index contributed by atoms with van der Waals surface area (Å²) in [5.74, 6) is -0.108. The topological polar surface area (TPSA) is 44.8 Å². The molecule has 0 aliphatic carbocycles. The predicted octanol–water partition coefficient (Wildman–Crippen LogP) is 5.29. The van der Waals surface area contributed by atoms with E-state index in [4.69, 9.17) is 13.0 Å². The van der Waals surface area contributed by atoms with Crippen molar-refractivity contribution >= 4 is 38.7 Å². The first-order valence-corrected chi connectivity index (χ1v) is 18.6. The van der Waals surface area contributed by atoms with E-state index in [1.54, 1.807) is 0 Å². The average molecular weight is 453 g/mol. The third kappa shape index (κ3) is 9.13. The lowest BCUT2D eigenvalue weighted by atomic mass is 9.81. The van der Waals surface area contributed by atoms with Crippen molar-refractivity contribution in [1.82, 2.24) is 0 Å². The Hall–Kier alpha value is -0.999. The third-order valence-electron chi connectivity index (χ3n) is 5.25. The lowest BCUT2D eigenvalue weighted by Gasteiger charge is -2.33. The third-order valence-corrected chi connectivity index (χ3v) is 14.9. The zero-order valence-corrected chi connectivity index (χ0v) is 22.9. The monoisotopic (exact) mass is 452 g/mol. The Bertz CT molecular complexity index is 659. The van der Waals surface area contributed by atoms with Gasteiger partial charge in [0.05, 0.1) is 12.0 Å². The van der Waals surface area contributed by atoms with Crippen molar-refractivity contribution in [1.29, 1.82) is 0 Å². The van der Waals surface area contributed by atoms with Gasteiger partial charge < -0.3 is 13.0 Å². The van der Waals surface area contributed by atoms with E-state index in [1.807, 2.05) is 32.1 Å². The molecule has 0 saturated carbocycles. The normalized spacial score (nSPS) is 14.7. The summed E-state index contributed by atoms with van der Waals surface area (Å²) in [7, 11) is -4.27. The molecular weight excluding hydrogens is 412 g/mol. The predicted molar refractivity (Wildman–Crippen MR) is 131 cm³/mol. The van der Waals surface area contributed by atoms with Gasteiger partial charge in [-0.15, -0.1) is 0 Å². The Kier molecular flexibility index (Phi) is 10.2. The standard InChI is InChI=1S/C22H40O4Si3/c1-9-19-12-14-20(15-13-19)18-22(3,10-2)21(23)24-16-11-17-28(5,6)26-29(7,8)25-27-4/h9,12-15H,1,10-11,16-18,27H2,2-8H3. The van der Waals surface area contributed by atoms with Crippen LogP contribution >= 0.6 is 0 Å². The van der Waals surface area contributed by atoms with Crippen LogP contribution in [0.5, 0.6) is 0 Å². The number of rotatable bonds is 13. The minimum absolute atomic E-state index is 0.108. The summed E-state index contributed by atoms with van der Waals surface area (Å²) in [6.45, 7) is 19.1. The summed E-state index contributed by atoms with van der Waals surface area (Å²) in [4.78, 5) is 12.8. The van der Waals surface area contributed by atoms with Gasteiger partial charge in [-0.05, 0) is 69.5 Å². The summed E-state index contributed by atoms with van der Waals surface area (Å²) in [5, 5.41) is 0. The van der Waals surface area contributed by atoms with Crippen LogP contribution in [0.4, 0.5) is 0 Å².